The number of rotatable bonds is 3. The summed E-state index contributed by atoms with van der Waals surface area (Å²) in [6, 6.07) is 6.11. The van der Waals surface area contributed by atoms with Crippen molar-refractivity contribution in [2.75, 3.05) is 6.54 Å². The molecule has 15 heavy (non-hydrogen) atoms. The van der Waals surface area contributed by atoms with Crippen molar-refractivity contribution in [3.63, 3.8) is 0 Å². The molecule has 0 aliphatic rings. The van der Waals surface area contributed by atoms with E-state index in [1.165, 1.54) is 11.1 Å². The van der Waals surface area contributed by atoms with E-state index in [1.807, 2.05) is 30.1 Å². The number of aromatic nitrogens is 2. The maximum absolute atomic E-state index is 5.81. The SMILES string of the molecule is Cn1ccc(C(CN)c2cccnc2)c1. The van der Waals surface area contributed by atoms with Crippen molar-refractivity contribution < 1.29 is 0 Å². The molecule has 1 atom stereocenters. The second kappa shape index (κ2) is 4.28. The molecule has 0 amide bonds. The van der Waals surface area contributed by atoms with E-state index in [0.717, 1.165) is 0 Å². The van der Waals surface area contributed by atoms with E-state index in [-0.39, 0.29) is 5.92 Å². The quantitative estimate of drug-likeness (QED) is 0.818. The number of aryl methyl sites for hydroxylation is 1. The van der Waals surface area contributed by atoms with E-state index in [1.54, 1.807) is 6.20 Å². The van der Waals surface area contributed by atoms with E-state index in [0.29, 0.717) is 6.54 Å². The lowest BCUT2D eigenvalue weighted by Crippen LogP contribution is -2.13. The minimum atomic E-state index is 0.250. The molecular formula is C12H15N3. The molecule has 2 aromatic rings. The Hall–Kier alpha value is -1.61. The first-order chi connectivity index (χ1) is 7.31. The second-order valence-corrected chi connectivity index (χ2v) is 3.68. The highest BCUT2D eigenvalue weighted by Gasteiger charge is 2.12. The first kappa shape index (κ1) is 9.93. The normalized spacial score (nSPS) is 12.7. The van der Waals surface area contributed by atoms with E-state index in [4.69, 9.17) is 5.73 Å². The van der Waals surface area contributed by atoms with Gasteiger partial charge in [0.05, 0.1) is 0 Å². The molecule has 2 N–H and O–H groups in total. The van der Waals surface area contributed by atoms with Gasteiger partial charge in [0.25, 0.3) is 0 Å². The molecule has 0 aliphatic carbocycles. The number of hydrogen-bond acceptors (Lipinski definition) is 2. The standard InChI is InChI=1S/C12H15N3/c1-15-6-4-11(9-15)12(7-13)10-3-2-5-14-8-10/h2-6,8-9,12H,7,13H2,1H3. The molecule has 0 radical (unpaired) electrons. The molecule has 2 heterocycles. The monoisotopic (exact) mass is 201 g/mol. The minimum absolute atomic E-state index is 0.250. The summed E-state index contributed by atoms with van der Waals surface area (Å²) in [4.78, 5) is 4.12. The van der Waals surface area contributed by atoms with Gasteiger partial charge in [-0.05, 0) is 23.3 Å². The summed E-state index contributed by atoms with van der Waals surface area (Å²) in [5.41, 5.74) is 8.22. The first-order valence-electron chi connectivity index (χ1n) is 5.03. The van der Waals surface area contributed by atoms with Gasteiger partial charge in [-0.3, -0.25) is 4.98 Å². The maximum Gasteiger partial charge on any atom is 0.0306 e. The van der Waals surface area contributed by atoms with Crippen molar-refractivity contribution in [2.24, 2.45) is 12.8 Å². The molecule has 3 nitrogen and oxygen atoms in total. The largest absolute Gasteiger partial charge is 0.357 e. The predicted octanol–water partition coefficient (Wildman–Crippen LogP) is 1.51. The lowest BCUT2D eigenvalue weighted by molar-refractivity contribution is 0.806. The zero-order chi connectivity index (χ0) is 10.7. The minimum Gasteiger partial charge on any atom is -0.357 e. The van der Waals surface area contributed by atoms with E-state index in [9.17, 15) is 0 Å². The smallest absolute Gasteiger partial charge is 0.0306 e. The van der Waals surface area contributed by atoms with Crippen molar-refractivity contribution in [3.05, 3.63) is 54.1 Å². The Bertz CT molecular complexity index is 419. The highest BCUT2D eigenvalue weighted by atomic mass is 14.9. The maximum atomic E-state index is 5.81. The number of pyridine rings is 1. The molecule has 1 unspecified atom stereocenters. The van der Waals surface area contributed by atoms with Gasteiger partial charge in [0.2, 0.25) is 0 Å². The third-order valence-electron chi connectivity index (χ3n) is 2.58. The van der Waals surface area contributed by atoms with Crippen LogP contribution in [0.3, 0.4) is 0 Å². The van der Waals surface area contributed by atoms with Gasteiger partial charge in [0, 0.05) is 44.3 Å². The fourth-order valence-electron chi connectivity index (χ4n) is 1.78. The lowest BCUT2D eigenvalue weighted by atomic mass is 9.95. The van der Waals surface area contributed by atoms with Crippen LogP contribution in [0, 0.1) is 0 Å². The van der Waals surface area contributed by atoms with Gasteiger partial charge in [-0.2, -0.15) is 0 Å². The van der Waals surface area contributed by atoms with Crippen LogP contribution in [0.15, 0.2) is 43.0 Å². The summed E-state index contributed by atoms with van der Waals surface area (Å²) in [6.07, 6.45) is 7.80. The van der Waals surface area contributed by atoms with Gasteiger partial charge in [-0.25, -0.2) is 0 Å². The van der Waals surface area contributed by atoms with Crippen LogP contribution in [0.25, 0.3) is 0 Å². The molecule has 78 valence electrons. The Labute approximate surface area is 89.6 Å². The molecule has 2 rings (SSSR count). The molecule has 0 spiro atoms. The zero-order valence-corrected chi connectivity index (χ0v) is 8.80. The van der Waals surface area contributed by atoms with E-state index >= 15 is 0 Å². The zero-order valence-electron chi connectivity index (χ0n) is 8.80. The Kier molecular flexibility index (Phi) is 2.83. The summed E-state index contributed by atoms with van der Waals surface area (Å²) < 4.78 is 2.04. The van der Waals surface area contributed by atoms with Crippen molar-refractivity contribution in [1.29, 1.82) is 0 Å². The molecular weight excluding hydrogens is 186 g/mol. The van der Waals surface area contributed by atoms with E-state index in [2.05, 4.69) is 23.3 Å². The first-order valence-corrected chi connectivity index (χ1v) is 5.03. The Morgan fingerprint density at radius 2 is 2.27 bits per heavy atom. The molecule has 0 bridgehead atoms. The van der Waals surface area contributed by atoms with Crippen LogP contribution in [0.2, 0.25) is 0 Å². The average molecular weight is 201 g/mol. The van der Waals surface area contributed by atoms with Gasteiger partial charge >= 0.3 is 0 Å². The van der Waals surface area contributed by atoms with Gasteiger partial charge in [-0.1, -0.05) is 6.07 Å². The Balaban J connectivity index is 2.33. The van der Waals surface area contributed by atoms with Crippen molar-refractivity contribution in [1.82, 2.24) is 9.55 Å². The summed E-state index contributed by atoms with van der Waals surface area (Å²) in [5.74, 6) is 0.250. The van der Waals surface area contributed by atoms with Crippen LogP contribution in [-0.4, -0.2) is 16.1 Å². The average Bonchev–Trinajstić information content (AvgIpc) is 2.68. The molecule has 3 heteroatoms. The number of nitrogens with zero attached hydrogens (tertiary/aromatic N) is 2. The van der Waals surface area contributed by atoms with Crippen LogP contribution in [0.5, 0.6) is 0 Å². The third-order valence-corrected chi connectivity index (χ3v) is 2.58. The number of nitrogens with two attached hydrogens (primary N) is 1. The summed E-state index contributed by atoms with van der Waals surface area (Å²) in [5, 5.41) is 0. The van der Waals surface area contributed by atoms with Gasteiger partial charge in [0.1, 0.15) is 0 Å². The van der Waals surface area contributed by atoms with Crippen molar-refractivity contribution in [3.8, 4) is 0 Å². The summed E-state index contributed by atoms with van der Waals surface area (Å²) in [6.45, 7) is 0.607. The molecule has 0 saturated carbocycles. The van der Waals surface area contributed by atoms with Crippen LogP contribution in [0.4, 0.5) is 0 Å². The van der Waals surface area contributed by atoms with Gasteiger partial charge in [0.15, 0.2) is 0 Å². The van der Waals surface area contributed by atoms with E-state index < -0.39 is 0 Å². The highest BCUT2D eigenvalue weighted by molar-refractivity contribution is 5.29. The molecule has 0 aromatic carbocycles. The number of hydrogen-bond donors (Lipinski definition) is 1. The molecule has 0 aliphatic heterocycles. The molecule has 0 fully saturated rings. The predicted molar refractivity (Wildman–Crippen MR) is 60.5 cm³/mol. The Morgan fingerprint density at radius 3 is 2.80 bits per heavy atom. The third kappa shape index (κ3) is 2.07. The lowest BCUT2D eigenvalue weighted by Gasteiger charge is -2.12. The highest BCUT2D eigenvalue weighted by Crippen LogP contribution is 2.22. The Morgan fingerprint density at radius 1 is 1.40 bits per heavy atom. The van der Waals surface area contributed by atoms with Gasteiger partial charge in [-0.15, -0.1) is 0 Å². The molecule has 0 saturated heterocycles. The van der Waals surface area contributed by atoms with Gasteiger partial charge < -0.3 is 10.3 Å². The summed E-state index contributed by atoms with van der Waals surface area (Å²) >= 11 is 0. The van der Waals surface area contributed by atoms with Crippen LogP contribution < -0.4 is 5.73 Å². The van der Waals surface area contributed by atoms with Crippen LogP contribution >= 0.6 is 0 Å². The second-order valence-electron chi connectivity index (χ2n) is 3.68. The fraction of sp³-hybridized carbons (Fsp3) is 0.250. The summed E-state index contributed by atoms with van der Waals surface area (Å²) in [7, 11) is 2.01. The van der Waals surface area contributed by atoms with Crippen LogP contribution in [0.1, 0.15) is 17.0 Å². The van der Waals surface area contributed by atoms with Crippen molar-refractivity contribution in [2.45, 2.75) is 5.92 Å². The van der Waals surface area contributed by atoms with Crippen LogP contribution in [-0.2, 0) is 7.05 Å². The fourth-order valence-corrected chi connectivity index (χ4v) is 1.78. The topological polar surface area (TPSA) is 43.8 Å². The molecule has 2 aromatic heterocycles. The van der Waals surface area contributed by atoms with Crippen molar-refractivity contribution >= 4 is 0 Å².